The molecule has 0 spiro atoms. The van der Waals surface area contributed by atoms with Crippen LogP contribution in [0.5, 0.6) is 5.75 Å². The van der Waals surface area contributed by atoms with Gasteiger partial charge in [0, 0.05) is 5.56 Å². The molecule has 1 fully saturated rings. The van der Waals surface area contributed by atoms with Gasteiger partial charge in [0.1, 0.15) is 11.3 Å². The Hall–Kier alpha value is -2.04. The van der Waals surface area contributed by atoms with Crippen LogP contribution in [0.1, 0.15) is 49.4 Å². The molecule has 1 aromatic rings. The molecule has 1 aromatic carbocycles. The summed E-state index contributed by atoms with van der Waals surface area (Å²) in [5, 5.41) is 2.90. The van der Waals surface area contributed by atoms with E-state index in [1.807, 2.05) is 6.92 Å². The molecule has 1 saturated carbocycles. The Labute approximate surface area is 131 Å². The summed E-state index contributed by atoms with van der Waals surface area (Å²) in [7, 11) is 1.36. The maximum absolute atomic E-state index is 12.4. The van der Waals surface area contributed by atoms with Crippen molar-refractivity contribution in [1.82, 2.24) is 5.32 Å². The Morgan fingerprint density at radius 1 is 1.14 bits per heavy atom. The van der Waals surface area contributed by atoms with Crippen LogP contribution in [0.15, 0.2) is 24.3 Å². The van der Waals surface area contributed by atoms with Gasteiger partial charge in [-0.25, -0.2) is 4.79 Å². The van der Waals surface area contributed by atoms with E-state index < -0.39 is 5.54 Å². The third-order valence-corrected chi connectivity index (χ3v) is 4.06. The van der Waals surface area contributed by atoms with Gasteiger partial charge in [-0.3, -0.25) is 4.79 Å². The van der Waals surface area contributed by atoms with E-state index in [2.05, 4.69) is 5.32 Å². The number of hydrogen-bond acceptors (Lipinski definition) is 4. The summed E-state index contributed by atoms with van der Waals surface area (Å²) in [5.74, 6) is 0.112. The van der Waals surface area contributed by atoms with Gasteiger partial charge in [0.15, 0.2) is 0 Å². The number of rotatable bonds is 5. The first-order valence-electron chi connectivity index (χ1n) is 7.75. The van der Waals surface area contributed by atoms with Crippen LogP contribution in [-0.4, -0.2) is 31.1 Å². The molecule has 0 atom stereocenters. The van der Waals surface area contributed by atoms with Gasteiger partial charge in [-0.2, -0.15) is 0 Å². The van der Waals surface area contributed by atoms with Crippen LogP contribution in [0.3, 0.4) is 0 Å². The minimum atomic E-state index is -0.886. The number of benzene rings is 1. The first-order valence-corrected chi connectivity index (χ1v) is 7.75. The zero-order valence-electron chi connectivity index (χ0n) is 13.2. The smallest absolute Gasteiger partial charge is 0.331 e. The van der Waals surface area contributed by atoms with Crippen molar-refractivity contribution < 1.29 is 19.1 Å². The molecule has 1 amide bonds. The summed E-state index contributed by atoms with van der Waals surface area (Å²) in [6.45, 7) is 2.49. The lowest BCUT2D eigenvalue weighted by Crippen LogP contribution is -2.56. The van der Waals surface area contributed by atoms with Gasteiger partial charge in [-0.1, -0.05) is 19.3 Å². The van der Waals surface area contributed by atoms with E-state index in [-0.39, 0.29) is 11.9 Å². The summed E-state index contributed by atoms with van der Waals surface area (Å²) in [6.07, 6.45) is 4.17. The molecular weight excluding hydrogens is 282 g/mol. The normalized spacial score (nSPS) is 16.6. The molecule has 1 N–H and O–H groups in total. The lowest BCUT2D eigenvalue weighted by Gasteiger charge is -2.35. The third-order valence-electron chi connectivity index (χ3n) is 4.06. The first kappa shape index (κ1) is 16.3. The van der Waals surface area contributed by atoms with Crippen molar-refractivity contribution in [1.29, 1.82) is 0 Å². The van der Waals surface area contributed by atoms with Gasteiger partial charge < -0.3 is 14.8 Å². The van der Waals surface area contributed by atoms with Crippen LogP contribution >= 0.6 is 0 Å². The average molecular weight is 305 g/mol. The Kier molecular flexibility index (Phi) is 5.41. The maximum Gasteiger partial charge on any atom is 0.331 e. The molecule has 1 aliphatic rings. The lowest BCUT2D eigenvalue weighted by atomic mass is 9.81. The van der Waals surface area contributed by atoms with Gasteiger partial charge >= 0.3 is 5.97 Å². The van der Waals surface area contributed by atoms with Crippen LogP contribution in [0.2, 0.25) is 0 Å². The number of nitrogens with one attached hydrogen (secondary N) is 1. The zero-order valence-corrected chi connectivity index (χ0v) is 13.2. The van der Waals surface area contributed by atoms with Crippen molar-refractivity contribution in [2.24, 2.45) is 0 Å². The molecule has 5 heteroatoms. The highest BCUT2D eigenvalue weighted by atomic mass is 16.5. The number of methoxy groups -OCH3 is 1. The van der Waals surface area contributed by atoms with Gasteiger partial charge in [-0.15, -0.1) is 0 Å². The molecule has 22 heavy (non-hydrogen) atoms. The number of carbonyl (C=O) groups excluding carboxylic acids is 2. The Morgan fingerprint density at radius 2 is 1.77 bits per heavy atom. The number of ether oxygens (including phenoxy) is 2. The summed E-state index contributed by atoms with van der Waals surface area (Å²) < 4.78 is 10.3. The monoisotopic (exact) mass is 305 g/mol. The second-order valence-electron chi connectivity index (χ2n) is 5.55. The highest BCUT2D eigenvalue weighted by molar-refractivity contribution is 5.98. The summed E-state index contributed by atoms with van der Waals surface area (Å²) in [6, 6.07) is 6.91. The van der Waals surface area contributed by atoms with Crippen LogP contribution < -0.4 is 10.1 Å². The van der Waals surface area contributed by atoms with E-state index in [0.717, 1.165) is 25.0 Å². The number of carbonyl (C=O) groups is 2. The first-order chi connectivity index (χ1) is 10.6. The highest BCUT2D eigenvalue weighted by Crippen LogP contribution is 2.29. The molecule has 0 heterocycles. The third kappa shape index (κ3) is 3.59. The molecule has 0 bridgehead atoms. The van der Waals surface area contributed by atoms with E-state index in [1.165, 1.54) is 7.11 Å². The lowest BCUT2D eigenvalue weighted by molar-refractivity contribution is -0.149. The van der Waals surface area contributed by atoms with Crippen LogP contribution in [0.4, 0.5) is 0 Å². The van der Waals surface area contributed by atoms with E-state index >= 15 is 0 Å². The van der Waals surface area contributed by atoms with E-state index in [1.54, 1.807) is 24.3 Å². The summed E-state index contributed by atoms with van der Waals surface area (Å²) in [4.78, 5) is 24.6. The molecule has 0 radical (unpaired) electrons. The Morgan fingerprint density at radius 3 is 2.32 bits per heavy atom. The number of hydrogen-bond donors (Lipinski definition) is 1. The standard InChI is InChI=1S/C17H23NO4/c1-3-22-14-9-7-13(8-10-14)15(19)18-17(16(20)21-2)11-5-4-6-12-17/h7-10H,3-6,11-12H2,1-2H3,(H,18,19). The van der Waals surface area contributed by atoms with Crippen molar-refractivity contribution in [3.8, 4) is 5.75 Å². The highest BCUT2D eigenvalue weighted by Gasteiger charge is 2.42. The van der Waals surface area contributed by atoms with E-state index in [4.69, 9.17) is 9.47 Å². The Bertz CT molecular complexity index is 518. The van der Waals surface area contributed by atoms with Crippen molar-refractivity contribution in [2.45, 2.75) is 44.6 Å². The number of esters is 1. The van der Waals surface area contributed by atoms with Crippen molar-refractivity contribution in [3.05, 3.63) is 29.8 Å². The fraction of sp³-hybridized carbons (Fsp3) is 0.529. The fourth-order valence-electron chi connectivity index (χ4n) is 2.89. The van der Waals surface area contributed by atoms with Crippen LogP contribution in [0, 0.1) is 0 Å². The van der Waals surface area contributed by atoms with Crippen molar-refractivity contribution in [3.63, 3.8) is 0 Å². The van der Waals surface area contributed by atoms with E-state index in [9.17, 15) is 9.59 Å². The SMILES string of the molecule is CCOc1ccc(C(=O)NC2(C(=O)OC)CCCCC2)cc1. The molecule has 1 aliphatic carbocycles. The largest absolute Gasteiger partial charge is 0.494 e. The van der Waals surface area contributed by atoms with Crippen LogP contribution in [0.25, 0.3) is 0 Å². The predicted molar refractivity (Wildman–Crippen MR) is 82.9 cm³/mol. The minimum Gasteiger partial charge on any atom is -0.494 e. The molecule has 120 valence electrons. The molecule has 0 saturated heterocycles. The second-order valence-corrected chi connectivity index (χ2v) is 5.55. The fourth-order valence-corrected chi connectivity index (χ4v) is 2.89. The minimum absolute atomic E-state index is 0.254. The van der Waals surface area contributed by atoms with E-state index in [0.29, 0.717) is 25.0 Å². The quantitative estimate of drug-likeness (QED) is 0.850. The molecule has 0 aliphatic heterocycles. The Balaban J connectivity index is 2.12. The topological polar surface area (TPSA) is 64.6 Å². The summed E-state index contributed by atoms with van der Waals surface area (Å²) >= 11 is 0. The second kappa shape index (κ2) is 7.29. The van der Waals surface area contributed by atoms with Gasteiger partial charge in [0.05, 0.1) is 13.7 Å². The average Bonchev–Trinajstić information content (AvgIpc) is 2.55. The molecular formula is C17H23NO4. The van der Waals surface area contributed by atoms with Gasteiger partial charge in [-0.05, 0) is 44.0 Å². The molecule has 5 nitrogen and oxygen atoms in total. The number of amides is 1. The predicted octanol–water partition coefficient (Wildman–Crippen LogP) is 2.69. The van der Waals surface area contributed by atoms with Crippen molar-refractivity contribution in [2.75, 3.05) is 13.7 Å². The zero-order chi connectivity index (χ0) is 16.0. The van der Waals surface area contributed by atoms with Gasteiger partial charge in [0.2, 0.25) is 0 Å². The van der Waals surface area contributed by atoms with Crippen molar-refractivity contribution >= 4 is 11.9 Å². The molecule has 2 rings (SSSR count). The summed E-state index contributed by atoms with van der Waals surface area (Å²) in [5.41, 5.74) is -0.375. The van der Waals surface area contributed by atoms with Crippen LogP contribution in [-0.2, 0) is 9.53 Å². The molecule has 0 aromatic heterocycles. The molecule has 0 unspecified atom stereocenters. The maximum atomic E-state index is 12.4. The van der Waals surface area contributed by atoms with Gasteiger partial charge in [0.25, 0.3) is 5.91 Å².